The van der Waals surface area contributed by atoms with Crippen LogP contribution < -0.4 is 5.32 Å². The van der Waals surface area contributed by atoms with E-state index in [0.717, 1.165) is 11.0 Å². The van der Waals surface area contributed by atoms with Crippen LogP contribution in [0.15, 0.2) is 16.7 Å². The number of morpholine rings is 1. The first-order chi connectivity index (χ1) is 9.51. The van der Waals surface area contributed by atoms with Crippen molar-refractivity contribution in [2.45, 2.75) is 33.0 Å². The van der Waals surface area contributed by atoms with Crippen molar-refractivity contribution < 1.29 is 9.53 Å². The largest absolute Gasteiger partial charge is 0.372 e. The van der Waals surface area contributed by atoms with E-state index < -0.39 is 0 Å². The SMILES string of the molecule is CCNc1ncc(Br)cc1C(=O)N1C[C@@H](C)O[C@@H](C)C1. The standard InChI is InChI=1S/C14H20BrN3O2/c1-4-16-13-12(5-11(15)6-17-13)14(19)18-7-9(2)20-10(3)8-18/h5-6,9-10H,4,7-8H2,1-3H3,(H,16,17)/t9-,10+. The van der Waals surface area contributed by atoms with Crippen molar-refractivity contribution in [1.82, 2.24) is 9.88 Å². The first-order valence-electron chi connectivity index (χ1n) is 6.85. The lowest BCUT2D eigenvalue weighted by Crippen LogP contribution is -2.48. The van der Waals surface area contributed by atoms with Gasteiger partial charge in [-0.2, -0.15) is 0 Å². The molecule has 0 aliphatic carbocycles. The van der Waals surface area contributed by atoms with E-state index in [1.165, 1.54) is 0 Å². The number of pyridine rings is 1. The minimum absolute atomic E-state index is 0.00301. The molecule has 1 N–H and O–H groups in total. The molecular weight excluding hydrogens is 322 g/mol. The van der Waals surface area contributed by atoms with Crippen LogP contribution in [0.5, 0.6) is 0 Å². The van der Waals surface area contributed by atoms with Gasteiger partial charge in [0.1, 0.15) is 5.82 Å². The Labute approximate surface area is 127 Å². The molecule has 2 heterocycles. The maximum atomic E-state index is 12.7. The number of nitrogens with one attached hydrogen (secondary N) is 1. The molecule has 110 valence electrons. The smallest absolute Gasteiger partial charge is 0.257 e. The van der Waals surface area contributed by atoms with Crippen molar-refractivity contribution in [1.29, 1.82) is 0 Å². The van der Waals surface area contributed by atoms with Gasteiger partial charge >= 0.3 is 0 Å². The minimum Gasteiger partial charge on any atom is -0.372 e. The molecule has 1 aliphatic rings. The Balaban J connectivity index is 2.25. The molecule has 1 aliphatic heterocycles. The summed E-state index contributed by atoms with van der Waals surface area (Å²) >= 11 is 3.38. The van der Waals surface area contributed by atoms with Gasteiger partial charge in [0.2, 0.25) is 0 Å². The van der Waals surface area contributed by atoms with Gasteiger partial charge in [0.15, 0.2) is 0 Å². The Morgan fingerprint density at radius 2 is 2.15 bits per heavy atom. The number of carbonyl (C=O) groups is 1. The molecule has 1 aromatic heterocycles. The highest BCUT2D eigenvalue weighted by atomic mass is 79.9. The quantitative estimate of drug-likeness (QED) is 0.917. The fourth-order valence-corrected chi connectivity index (χ4v) is 2.76. The van der Waals surface area contributed by atoms with Crippen LogP contribution in [0.1, 0.15) is 31.1 Å². The molecule has 0 aromatic carbocycles. The van der Waals surface area contributed by atoms with Crippen molar-refractivity contribution in [2.75, 3.05) is 25.0 Å². The molecule has 1 aromatic rings. The first-order valence-corrected chi connectivity index (χ1v) is 7.64. The van der Waals surface area contributed by atoms with Gasteiger partial charge in [0.05, 0.1) is 17.8 Å². The Bertz CT molecular complexity index is 485. The molecule has 0 saturated carbocycles. The van der Waals surface area contributed by atoms with E-state index in [4.69, 9.17) is 4.74 Å². The molecule has 2 atom stereocenters. The highest BCUT2D eigenvalue weighted by Crippen LogP contribution is 2.22. The second-order valence-electron chi connectivity index (χ2n) is 5.05. The Hall–Kier alpha value is -1.14. The summed E-state index contributed by atoms with van der Waals surface area (Å²) in [7, 11) is 0. The summed E-state index contributed by atoms with van der Waals surface area (Å²) in [4.78, 5) is 18.8. The second kappa shape index (κ2) is 6.54. The van der Waals surface area contributed by atoms with Crippen LogP contribution in [0.2, 0.25) is 0 Å². The molecule has 1 fully saturated rings. The third-order valence-corrected chi connectivity index (χ3v) is 3.57. The van der Waals surface area contributed by atoms with Crippen LogP contribution in [-0.4, -0.2) is 47.6 Å². The van der Waals surface area contributed by atoms with Crippen molar-refractivity contribution in [3.05, 3.63) is 22.3 Å². The lowest BCUT2D eigenvalue weighted by atomic mass is 10.1. The predicted molar refractivity (Wildman–Crippen MR) is 82.0 cm³/mol. The van der Waals surface area contributed by atoms with E-state index in [-0.39, 0.29) is 18.1 Å². The van der Waals surface area contributed by atoms with E-state index >= 15 is 0 Å². The Morgan fingerprint density at radius 3 is 2.75 bits per heavy atom. The fraction of sp³-hybridized carbons (Fsp3) is 0.571. The van der Waals surface area contributed by atoms with Crippen molar-refractivity contribution in [3.8, 4) is 0 Å². The van der Waals surface area contributed by atoms with E-state index in [0.29, 0.717) is 24.5 Å². The number of aromatic nitrogens is 1. The van der Waals surface area contributed by atoms with Gasteiger partial charge in [-0.1, -0.05) is 0 Å². The maximum absolute atomic E-state index is 12.7. The van der Waals surface area contributed by atoms with Gasteiger partial charge in [-0.25, -0.2) is 4.98 Å². The zero-order valence-corrected chi connectivity index (χ0v) is 13.6. The highest BCUT2D eigenvalue weighted by Gasteiger charge is 2.28. The van der Waals surface area contributed by atoms with Crippen LogP contribution in [0.25, 0.3) is 0 Å². The van der Waals surface area contributed by atoms with Crippen molar-refractivity contribution in [2.24, 2.45) is 0 Å². The summed E-state index contributed by atoms with van der Waals surface area (Å²) in [5.74, 6) is 0.629. The molecule has 0 bridgehead atoms. The number of amides is 1. The number of hydrogen-bond donors (Lipinski definition) is 1. The highest BCUT2D eigenvalue weighted by molar-refractivity contribution is 9.10. The average molecular weight is 342 g/mol. The summed E-state index contributed by atoms with van der Waals surface area (Å²) in [6, 6.07) is 1.82. The molecule has 0 unspecified atom stereocenters. The number of nitrogens with zero attached hydrogens (tertiary/aromatic N) is 2. The van der Waals surface area contributed by atoms with Crippen LogP contribution in [0, 0.1) is 0 Å². The monoisotopic (exact) mass is 341 g/mol. The first kappa shape index (κ1) is 15.3. The van der Waals surface area contributed by atoms with E-state index in [2.05, 4.69) is 26.2 Å². The zero-order valence-electron chi connectivity index (χ0n) is 12.0. The van der Waals surface area contributed by atoms with Gasteiger partial charge in [-0.3, -0.25) is 4.79 Å². The number of rotatable bonds is 3. The zero-order chi connectivity index (χ0) is 14.7. The summed E-state index contributed by atoms with van der Waals surface area (Å²) in [6.45, 7) is 7.91. The molecule has 20 heavy (non-hydrogen) atoms. The Kier molecular flexibility index (Phi) is 4.99. The van der Waals surface area contributed by atoms with Crippen molar-refractivity contribution >= 4 is 27.7 Å². The van der Waals surface area contributed by atoms with Crippen LogP contribution in [-0.2, 0) is 4.74 Å². The number of carbonyl (C=O) groups excluding carboxylic acids is 1. The van der Waals surface area contributed by atoms with Gasteiger partial charge in [-0.05, 0) is 42.8 Å². The third kappa shape index (κ3) is 3.49. The summed E-state index contributed by atoms with van der Waals surface area (Å²) < 4.78 is 6.47. The molecular formula is C14H20BrN3O2. The molecule has 5 nitrogen and oxygen atoms in total. The third-order valence-electron chi connectivity index (χ3n) is 3.14. The predicted octanol–water partition coefficient (Wildman–Crippen LogP) is 2.53. The van der Waals surface area contributed by atoms with Gasteiger partial charge < -0.3 is 15.0 Å². The fourth-order valence-electron chi connectivity index (χ4n) is 2.42. The molecule has 1 saturated heterocycles. The van der Waals surface area contributed by atoms with E-state index in [1.54, 1.807) is 6.20 Å². The van der Waals surface area contributed by atoms with Crippen molar-refractivity contribution in [3.63, 3.8) is 0 Å². The average Bonchev–Trinajstić information content (AvgIpc) is 2.39. The molecule has 2 rings (SSSR count). The van der Waals surface area contributed by atoms with Gasteiger partial charge in [-0.15, -0.1) is 0 Å². The number of anilines is 1. The van der Waals surface area contributed by atoms with Gasteiger partial charge in [0, 0.05) is 30.3 Å². The molecule has 1 amide bonds. The molecule has 0 radical (unpaired) electrons. The maximum Gasteiger partial charge on any atom is 0.257 e. The lowest BCUT2D eigenvalue weighted by Gasteiger charge is -2.35. The summed E-state index contributed by atoms with van der Waals surface area (Å²) in [5.41, 5.74) is 0.600. The minimum atomic E-state index is -0.00301. The molecule has 0 spiro atoms. The second-order valence-corrected chi connectivity index (χ2v) is 5.96. The Morgan fingerprint density at radius 1 is 1.50 bits per heavy atom. The summed E-state index contributed by atoms with van der Waals surface area (Å²) in [5, 5.41) is 3.14. The number of hydrogen-bond acceptors (Lipinski definition) is 4. The van der Waals surface area contributed by atoms with E-state index in [9.17, 15) is 4.79 Å². The van der Waals surface area contributed by atoms with Gasteiger partial charge in [0.25, 0.3) is 5.91 Å². The number of halogens is 1. The lowest BCUT2D eigenvalue weighted by molar-refractivity contribution is -0.0586. The topological polar surface area (TPSA) is 54.5 Å². The normalized spacial score (nSPS) is 22.7. The number of ether oxygens (including phenoxy) is 1. The van der Waals surface area contributed by atoms with Crippen LogP contribution >= 0.6 is 15.9 Å². The summed E-state index contributed by atoms with van der Waals surface area (Å²) in [6.07, 6.45) is 1.81. The molecule has 6 heteroatoms. The van der Waals surface area contributed by atoms with Crippen LogP contribution in [0.4, 0.5) is 5.82 Å². The van der Waals surface area contributed by atoms with Crippen LogP contribution in [0.3, 0.4) is 0 Å². The van der Waals surface area contributed by atoms with E-state index in [1.807, 2.05) is 31.7 Å².